The average Bonchev–Trinajstić information content (AvgIpc) is 2.87. The molecule has 3 heterocycles. The van der Waals surface area contributed by atoms with Crippen molar-refractivity contribution in [1.82, 2.24) is 24.9 Å². The zero-order valence-corrected chi connectivity index (χ0v) is 10.1. The van der Waals surface area contributed by atoms with Crippen molar-refractivity contribution in [2.24, 2.45) is 0 Å². The van der Waals surface area contributed by atoms with Gasteiger partial charge in [0.05, 0.1) is 12.6 Å². The van der Waals surface area contributed by atoms with Gasteiger partial charge in [0.15, 0.2) is 0 Å². The van der Waals surface area contributed by atoms with E-state index >= 15 is 0 Å². The quantitative estimate of drug-likeness (QED) is 0.810. The minimum Gasteiger partial charge on any atom is -0.424 e. The Morgan fingerprint density at radius 3 is 2.89 bits per heavy atom. The van der Waals surface area contributed by atoms with E-state index in [0.717, 1.165) is 31.4 Å². The van der Waals surface area contributed by atoms with Crippen molar-refractivity contribution in [2.45, 2.75) is 31.3 Å². The summed E-state index contributed by atoms with van der Waals surface area (Å²) in [4.78, 5) is 2.30. The number of aromatic nitrogens is 4. The third-order valence-electron chi connectivity index (χ3n) is 3.60. The molecule has 6 nitrogen and oxygen atoms in total. The highest BCUT2D eigenvalue weighted by atomic mass is 16.4. The molecule has 94 valence electrons. The second kappa shape index (κ2) is 3.91. The second-order valence-corrected chi connectivity index (χ2v) is 5.14. The number of hydrogen-bond donors (Lipinski definition) is 0. The minimum absolute atomic E-state index is 0.492. The molecule has 0 atom stereocenters. The summed E-state index contributed by atoms with van der Waals surface area (Å²) in [6, 6.07) is 2.45. The van der Waals surface area contributed by atoms with E-state index in [0.29, 0.717) is 12.0 Å². The normalized spacial score (nSPS) is 21.1. The van der Waals surface area contributed by atoms with Crippen LogP contribution in [0.5, 0.6) is 0 Å². The molecule has 1 aliphatic heterocycles. The lowest BCUT2D eigenvalue weighted by Crippen LogP contribution is -2.47. The largest absolute Gasteiger partial charge is 0.424 e. The fourth-order valence-corrected chi connectivity index (χ4v) is 2.35. The zero-order valence-electron chi connectivity index (χ0n) is 10.1. The molecule has 0 amide bonds. The molecule has 0 unspecified atom stereocenters. The molecule has 1 saturated heterocycles. The summed E-state index contributed by atoms with van der Waals surface area (Å²) in [7, 11) is 0. The van der Waals surface area contributed by atoms with Crippen LogP contribution in [-0.4, -0.2) is 38.0 Å². The summed E-state index contributed by atoms with van der Waals surface area (Å²) in [6.45, 7) is 2.77. The molecular weight excluding hydrogens is 230 g/mol. The summed E-state index contributed by atoms with van der Waals surface area (Å²) >= 11 is 0. The molecular formula is C12H15N5O. The molecule has 0 aromatic carbocycles. The van der Waals surface area contributed by atoms with Crippen molar-refractivity contribution < 1.29 is 4.42 Å². The lowest BCUT2D eigenvalue weighted by Gasteiger charge is -2.38. The first-order chi connectivity index (χ1) is 8.88. The van der Waals surface area contributed by atoms with E-state index in [-0.39, 0.29) is 0 Å². The lowest BCUT2D eigenvalue weighted by molar-refractivity contribution is 0.0810. The Kier molecular flexibility index (Phi) is 2.23. The Hall–Kier alpha value is -1.69. The van der Waals surface area contributed by atoms with Gasteiger partial charge in [-0.3, -0.25) is 9.58 Å². The highest BCUT2D eigenvalue weighted by Crippen LogP contribution is 2.39. The van der Waals surface area contributed by atoms with E-state index in [1.165, 1.54) is 12.8 Å². The Balaban J connectivity index is 1.33. The molecule has 18 heavy (non-hydrogen) atoms. The predicted octanol–water partition coefficient (Wildman–Crippen LogP) is 1.20. The van der Waals surface area contributed by atoms with Crippen LogP contribution in [0.3, 0.4) is 0 Å². The molecule has 6 heteroatoms. The van der Waals surface area contributed by atoms with Crippen LogP contribution >= 0.6 is 0 Å². The van der Waals surface area contributed by atoms with E-state index in [1.807, 2.05) is 23.1 Å². The van der Waals surface area contributed by atoms with E-state index in [1.54, 1.807) is 0 Å². The van der Waals surface area contributed by atoms with Crippen molar-refractivity contribution in [1.29, 1.82) is 0 Å². The highest BCUT2D eigenvalue weighted by Gasteiger charge is 2.32. The summed E-state index contributed by atoms with van der Waals surface area (Å²) in [6.07, 6.45) is 6.24. The maximum atomic E-state index is 5.65. The molecule has 2 fully saturated rings. The van der Waals surface area contributed by atoms with Gasteiger partial charge in [-0.15, -0.1) is 10.2 Å². The fourth-order valence-electron chi connectivity index (χ4n) is 2.35. The third-order valence-corrected chi connectivity index (χ3v) is 3.60. The molecule has 1 saturated carbocycles. The molecule has 0 N–H and O–H groups in total. The fraction of sp³-hybridized carbons (Fsp3) is 0.583. The van der Waals surface area contributed by atoms with Gasteiger partial charge in [-0.1, -0.05) is 0 Å². The maximum Gasteiger partial charge on any atom is 0.230 e. The van der Waals surface area contributed by atoms with Crippen molar-refractivity contribution in [3.8, 4) is 0 Å². The Labute approximate surface area is 105 Å². The number of nitrogens with zero attached hydrogens (tertiary/aromatic N) is 5. The van der Waals surface area contributed by atoms with E-state index in [2.05, 4.69) is 20.2 Å². The summed E-state index contributed by atoms with van der Waals surface area (Å²) < 4.78 is 7.67. The van der Waals surface area contributed by atoms with Crippen LogP contribution < -0.4 is 0 Å². The first kappa shape index (κ1) is 10.3. The maximum absolute atomic E-state index is 5.65. The molecule has 4 rings (SSSR count). The minimum atomic E-state index is 0.492. The van der Waals surface area contributed by atoms with Crippen LogP contribution in [0.4, 0.5) is 0 Å². The van der Waals surface area contributed by atoms with Gasteiger partial charge >= 0.3 is 0 Å². The van der Waals surface area contributed by atoms with Crippen LogP contribution in [0.2, 0.25) is 0 Å². The first-order valence-electron chi connectivity index (χ1n) is 6.42. The highest BCUT2D eigenvalue weighted by molar-refractivity contribution is 5.00. The number of likely N-dealkylation sites (tertiary alicyclic amines) is 1. The van der Waals surface area contributed by atoms with Crippen LogP contribution in [0.1, 0.15) is 36.6 Å². The summed E-state index contributed by atoms with van der Waals surface area (Å²) in [5.74, 6) is 2.12. The van der Waals surface area contributed by atoms with Crippen molar-refractivity contribution in [3.05, 3.63) is 30.2 Å². The van der Waals surface area contributed by atoms with Crippen molar-refractivity contribution >= 4 is 0 Å². The number of hydrogen-bond acceptors (Lipinski definition) is 5. The molecule has 2 aromatic rings. The van der Waals surface area contributed by atoms with Gasteiger partial charge in [0.25, 0.3) is 0 Å². The van der Waals surface area contributed by atoms with Gasteiger partial charge in [0, 0.05) is 31.4 Å². The van der Waals surface area contributed by atoms with Gasteiger partial charge in [0.2, 0.25) is 11.8 Å². The smallest absolute Gasteiger partial charge is 0.230 e. The summed E-state index contributed by atoms with van der Waals surface area (Å²) in [5.41, 5.74) is 0. The van der Waals surface area contributed by atoms with Gasteiger partial charge in [-0.2, -0.15) is 5.10 Å². The van der Waals surface area contributed by atoms with Gasteiger partial charge in [0.1, 0.15) is 0 Å². The van der Waals surface area contributed by atoms with Crippen LogP contribution in [0.15, 0.2) is 22.9 Å². The Bertz CT molecular complexity index is 524. The molecule has 1 aliphatic carbocycles. The monoisotopic (exact) mass is 245 g/mol. The first-order valence-corrected chi connectivity index (χ1v) is 6.42. The van der Waals surface area contributed by atoms with E-state index in [9.17, 15) is 0 Å². The van der Waals surface area contributed by atoms with Crippen LogP contribution in [0, 0.1) is 0 Å². The lowest BCUT2D eigenvalue weighted by atomic mass is 10.1. The average molecular weight is 245 g/mol. The van der Waals surface area contributed by atoms with Gasteiger partial charge in [-0.25, -0.2) is 0 Å². The molecule has 0 spiro atoms. The van der Waals surface area contributed by atoms with Crippen LogP contribution in [0.25, 0.3) is 0 Å². The van der Waals surface area contributed by atoms with Crippen LogP contribution in [-0.2, 0) is 6.54 Å². The van der Waals surface area contributed by atoms with E-state index < -0.39 is 0 Å². The van der Waals surface area contributed by atoms with Gasteiger partial charge < -0.3 is 4.42 Å². The molecule has 0 radical (unpaired) electrons. The molecule has 0 bridgehead atoms. The zero-order chi connectivity index (χ0) is 11.9. The number of rotatable bonds is 4. The topological polar surface area (TPSA) is 60.0 Å². The van der Waals surface area contributed by atoms with Crippen molar-refractivity contribution in [2.75, 3.05) is 13.1 Å². The second-order valence-electron chi connectivity index (χ2n) is 5.14. The Morgan fingerprint density at radius 2 is 2.17 bits per heavy atom. The standard InChI is InChI=1S/C12H15N5O/c1-4-13-17(5-1)10-6-16(7-10)8-11-14-15-12(18-11)9-2-3-9/h1,4-5,9-10H,2-3,6-8H2. The Morgan fingerprint density at radius 1 is 1.28 bits per heavy atom. The summed E-state index contributed by atoms with van der Waals surface area (Å²) in [5, 5.41) is 12.5. The third kappa shape index (κ3) is 1.82. The van der Waals surface area contributed by atoms with E-state index in [4.69, 9.17) is 4.42 Å². The van der Waals surface area contributed by atoms with Crippen molar-refractivity contribution in [3.63, 3.8) is 0 Å². The SMILES string of the molecule is c1cnn(C2CN(Cc3nnc(C4CC4)o3)C2)c1. The predicted molar refractivity (Wildman–Crippen MR) is 62.8 cm³/mol. The molecule has 2 aromatic heterocycles. The van der Waals surface area contributed by atoms with Gasteiger partial charge in [-0.05, 0) is 18.9 Å². The molecule has 2 aliphatic rings.